The lowest BCUT2D eigenvalue weighted by atomic mass is 10.1. The molecular weight excluding hydrogens is 455 g/mol. The summed E-state index contributed by atoms with van der Waals surface area (Å²) < 4.78 is 39.1. The molecule has 0 N–H and O–H groups in total. The van der Waals surface area contributed by atoms with Gasteiger partial charge < -0.3 is 9.40 Å². The summed E-state index contributed by atoms with van der Waals surface area (Å²) in [6, 6.07) is 14.9. The van der Waals surface area contributed by atoms with Crippen LogP contribution in [0.15, 0.2) is 59.5 Å². The van der Waals surface area contributed by atoms with Gasteiger partial charge in [0.25, 0.3) is 5.09 Å². The van der Waals surface area contributed by atoms with Gasteiger partial charge in [0.15, 0.2) is 9.84 Å². The van der Waals surface area contributed by atoms with Gasteiger partial charge in [-0.05, 0) is 72.7 Å². The van der Waals surface area contributed by atoms with Gasteiger partial charge in [-0.25, -0.2) is 12.8 Å². The standard InChI is InChI=1S/C22H23FN2O5S2/c1-16-18(11-13-31-14-12-30-25(26)27)15-22(24(16)20-7-5-19(23)6-8-20)17-3-9-21(10-4-17)32(2,28)29/h3-10,15H,11-14H2,1-2H3. The molecule has 32 heavy (non-hydrogen) atoms. The van der Waals surface area contributed by atoms with Gasteiger partial charge in [-0.15, -0.1) is 10.1 Å². The first-order valence-electron chi connectivity index (χ1n) is 9.79. The Bertz CT molecular complexity index is 1190. The molecule has 0 atom stereocenters. The van der Waals surface area contributed by atoms with Gasteiger partial charge in [-0.3, -0.25) is 0 Å². The molecule has 0 spiro atoms. The first-order chi connectivity index (χ1) is 15.2. The fourth-order valence-corrected chi connectivity index (χ4v) is 4.77. The molecule has 0 unspecified atom stereocenters. The molecule has 1 heterocycles. The molecule has 2 aromatic carbocycles. The Hall–Kier alpha value is -2.85. The number of hydrogen-bond donors (Lipinski definition) is 0. The van der Waals surface area contributed by atoms with E-state index in [0.717, 1.165) is 40.4 Å². The minimum Gasteiger partial charge on any atom is -0.314 e. The SMILES string of the molecule is Cc1c(CCSCCO[N+](=O)[O-])cc(-c2ccc(S(C)(=O)=O)cc2)n1-c1ccc(F)cc1. The number of halogens is 1. The number of aryl methyl sites for hydroxylation is 1. The summed E-state index contributed by atoms with van der Waals surface area (Å²) >= 11 is 1.56. The zero-order valence-electron chi connectivity index (χ0n) is 17.7. The number of aromatic nitrogens is 1. The third-order valence-electron chi connectivity index (χ3n) is 4.96. The number of thioether (sulfide) groups is 1. The van der Waals surface area contributed by atoms with E-state index in [1.165, 1.54) is 18.4 Å². The van der Waals surface area contributed by atoms with E-state index in [4.69, 9.17) is 0 Å². The Kier molecular flexibility index (Phi) is 7.57. The molecular formula is C22H23FN2O5S2. The summed E-state index contributed by atoms with van der Waals surface area (Å²) in [4.78, 5) is 14.8. The van der Waals surface area contributed by atoms with Gasteiger partial charge in [0.2, 0.25) is 0 Å². The van der Waals surface area contributed by atoms with Crippen molar-refractivity contribution in [1.82, 2.24) is 4.57 Å². The largest absolute Gasteiger partial charge is 0.314 e. The van der Waals surface area contributed by atoms with Crippen LogP contribution >= 0.6 is 11.8 Å². The molecule has 0 saturated heterocycles. The third-order valence-corrected chi connectivity index (χ3v) is 7.03. The van der Waals surface area contributed by atoms with Gasteiger partial charge in [-0.1, -0.05) is 12.1 Å². The second-order valence-corrected chi connectivity index (χ2v) is 10.4. The van der Waals surface area contributed by atoms with Gasteiger partial charge in [0.05, 0.1) is 10.6 Å². The fraction of sp³-hybridized carbons (Fsp3) is 0.273. The summed E-state index contributed by atoms with van der Waals surface area (Å²) in [5.41, 5.74) is 4.57. The zero-order chi connectivity index (χ0) is 23.3. The molecule has 0 saturated carbocycles. The van der Waals surface area contributed by atoms with Crippen LogP contribution in [0.3, 0.4) is 0 Å². The molecule has 0 fully saturated rings. The van der Waals surface area contributed by atoms with Gasteiger partial charge >= 0.3 is 0 Å². The topological polar surface area (TPSA) is 91.4 Å². The lowest BCUT2D eigenvalue weighted by molar-refractivity contribution is -0.756. The second kappa shape index (κ2) is 10.2. The highest BCUT2D eigenvalue weighted by Gasteiger charge is 2.16. The van der Waals surface area contributed by atoms with Crippen molar-refractivity contribution in [1.29, 1.82) is 0 Å². The van der Waals surface area contributed by atoms with Gasteiger partial charge in [0, 0.05) is 23.4 Å². The Morgan fingerprint density at radius 3 is 2.34 bits per heavy atom. The van der Waals surface area contributed by atoms with Crippen LogP contribution in [0, 0.1) is 22.9 Å². The van der Waals surface area contributed by atoms with E-state index in [-0.39, 0.29) is 17.3 Å². The monoisotopic (exact) mass is 478 g/mol. The molecule has 0 bridgehead atoms. The molecule has 3 rings (SSSR count). The molecule has 3 aromatic rings. The Morgan fingerprint density at radius 1 is 1.09 bits per heavy atom. The van der Waals surface area contributed by atoms with Crippen molar-refractivity contribution in [3.8, 4) is 16.9 Å². The number of sulfone groups is 1. The molecule has 0 radical (unpaired) electrons. The maximum atomic E-state index is 13.5. The summed E-state index contributed by atoms with van der Waals surface area (Å²) in [5.74, 6) is 0.937. The summed E-state index contributed by atoms with van der Waals surface area (Å²) in [6.07, 6.45) is 1.90. The number of hydrogen-bond acceptors (Lipinski definition) is 6. The van der Waals surface area contributed by atoms with E-state index in [9.17, 15) is 22.9 Å². The molecule has 0 aliphatic rings. The van der Waals surface area contributed by atoms with E-state index in [0.29, 0.717) is 5.75 Å². The molecule has 7 nitrogen and oxygen atoms in total. The van der Waals surface area contributed by atoms with Crippen LogP contribution in [0.5, 0.6) is 0 Å². The maximum absolute atomic E-state index is 13.5. The van der Waals surface area contributed by atoms with Gasteiger partial charge in [0.1, 0.15) is 12.4 Å². The van der Waals surface area contributed by atoms with Crippen LogP contribution in [0.2, 0.25) is 0 Å². The number of rotatable bonds is 10. The Balaban J connectivity index is 1.90. The highest BCUT2D eigenvalue weighted by molar-refractivity contribution is 7.99. The van der Waals surface area contributed by atoms with Crippen LogP contribution < -0.4 is 0 Å². The van der Waals surface area contributed by atoms with E-state index < -0.39 is 14.9 Å². The van der Waals surface area contributed by atoms with E-state index in [1.807, 2.05) is 17.6 Å². The van der Waals surface area contributed by atoms with E-state index >= 15 is 0 Å². The van der Waals surface area contributed by atoms with Crippen LogP contribution in [-0.2, 0) is 21.1 Å². The fourth-order valence-electron chi connectivity index (χ4n) is 3.37. The number of nitrogens with zero attached hydrogens (tertiary/aromatic N) is 2. The smallest absolute Gasteiger partial charge is 0.294 e. The van der Waals surface area contributed by atoms with Crippen molar-refractivity contribution in [2.75, 3.05) is 24.4 Å². The van der Waals surface area contributed by atoms with E-state index in [2.05, 4.69) is 4.84 Å². The van der Waals surface area contributed by atoms with Crippen molar-refractivity contribution in [2.24, 2.45) is 0 Å². The molecule has 10 heteroatoms. The summed E-state index contributed by atoms with van der Waals surface area (Å²) in [7, 11) is -3.30. The van der Waals surface area contributed by atoms with Crippen LogP contribution in [-0.4, -0.2) is 42.4 Å². The molecule has 0 aliphatic heterocycles. The number of benzene rings is 2. The Labute approximate surface area is 190 Å². The predicted octanol–water partition coefficient (Wildman–Crippen LogP) is 4.48. The average molecular weight is 479 g/mol. The lowest BCUT2D eigenvalue weighted by Gasteiger charge is -2.13. The average Bonchev–Trinajstić information content (AvgIpc) is 3.07. The minimum absolute atomic E-state index is 0.0468. The molecule has 1 aromatic heterocycles. The third kappa shape index (κ3) is 5.89. The van der Waals surface area contributed by atoms with Crippen LogP contribution in [0.25, 0.3) is 16.9 Å². The second-order valence-electron chi connectivity index (χ2n) is 7.17. The van der Waals surface area contributed by atoms with Crippen molar-refractivity contribution >= 4 is 21.6 Å². The van der Waals surface area contributed by atoms with Crippen LogP contribution in [0.4, 0.5) is 4.39 Å². The van der Waals surface area contributed by atoms with Crippen LogP contribution in [0.1, 0.15) is 11.3 Å². The first kappa shape index (κ1) is 23.8. The van der Waals surface area contributed by atoms with Crippen molar-refractivity contribution < 1.29 is 22.7 Å². The maximum Gasteiger partial charge on any atom is 0.294 e. The lowest BCUT2D eigenvalue weighted by Crippen LogP contribution is -2.04. The highest BCUT2D eigenvalue weighted by atomic mass is 32.2. The van der Waals surface area contributed by atoms with Gasteiger partial charge in [-0.2, -0.15) is 11.8 Å². The Morgan fingerprint density at radius 2 is 1.75 bits per heavy atom. The van der Waals surface area contributed by atoms with E-state index in [1.54, 1.807) is 48.2 Å². The minimum atomic E-state index is -3.30. The molecule has 170 valence electrons. The van der Waals surface area contributed by atoms with Crippen molar-refractivity contribution in [3.63, 3.8) is 0 Å². The zero-order valence-corrected chi connectivity index (χ0v) is 19.3. The highest BCUT2D eigenvalue weighted by Crippen LogP contribution is 2.31. The molecule has 0 amide bonds. The summed E-state index contributed by atoms with van der Waals surface area (Å²) in [5, 5.41) is 9.42. The molecule has 0 aliphatic carbocycles. The van der Waals surface area contributed by atoms with Crippen molar-refractivity contribution in [3.05, 3.63) is 81.8 Å². The normalized spacial score (nSPS) is 11.5. The quantitative estimate of drug-likeness (QED) is 0.242. The van der Waals surface area contributed by atoms with Crippen molar-refractivity contribution in [2.45, 2.75) is 18.2 Å². The predicted molar refractivity (Wildman–Crippen MR) is 123 cm³/mol. The summed E-state index contributed by atoms with van der Waals surface area (Å²) in [6.45, 7) is 2.03. The first-order valence-corrected chi connectivity index (χ1v) is 12.8.